The Balaban J connectivity index is 1.61. The summed E-state index contributed by atoms with van der Waals surface area (Å²) in [4.78, 5) is 16.2. The Morgan fingerprint density at radius 2 is 1.53 bits per heavy atom. The highest BCUT2D eigenvalue weighted by atomic mass is 32.2. The molecule has 0 N–H and O–H groups in total. The van der Waals surface area contributed by atoms with Crippen molar-refractivity contribution in [2.75, 3.05) is 12.4 Å². The van der Waals surface area contributed by atoms with Crippen LogP contribution in [0.4, 0.5) is 0 Å². The largest absolute Gasteiger partial charge is 0.453 e. The zero-order valence-electron chi connectivity index (χ0n) is 21.2. The predicted molar refractivity (Wildman–Crippen MR) is 146 cm³/mol. The number of esters is 1. The van der Waals surface area contributed by atoms with Gasteiger partial charge in [0, 0.05) is 4.91 Å². The van der Waals surface area contributed by atoms with E-state index in [4.69, 9.17) is 18.9 Å². The summed E-state index contributed by atoms with van der Waals surface area (Å²) in [5.41, 5.74) is 11.3. The maximum atomic E-state index is 13.2. The van der Waals surface area contributed by atoms with E-state index in [-0.39, 0.29) is 13.2 Å². The number of benzene rings is 3. The molecule has 5 atom stereocenters. The number of hydrogen-bond donors (Lipinski definition) is 0. The van der Waals surface area contributed by atoms with Gasteiger partial charge in [-0.15, -0.1) is 11.8 Å². The number of carbonyl (C=O) groups is 1. The first kappa shape index (κ1) is 27.7. The second-order valence-corrected chi connectivity index (χ2v) is 10.1. The first-order valence-electron chi connectivity index (χ1n) is 12.5. The molecular weight excluding hydrogens is 502 g/mol. The molecule has 0 aliphatic carbocycles. The smallest absolute Gasteiger partial charge is 0.338 e. The van der Waals surface area contributed by atoms with Crippen LogP contribution in [0.25, 0.3) is 10.4 Å². The van der Waals surface area contributed by atoms with Gasteiger partial charge >= 0.3 is 5.97 Å². The molecule has 8 nitrogen and oxygen atoms in total. The summed E-state index contributed by atoms with van der Waals surface area (Å²) in [6.07, 6.45) is -2.25. The van der Waals surface area contributed by atoms with Crippen molar-refractivity contribution in [3.8, 4) is 0 Å². The summed E-state index contributed by atoms with van der Waals surface area (Å²) in [5.74, 6) is 0.224. The Labute approximate surface area is 226 Å². The minimum atomic E-state index is -0.869. The van der Waals surface area contributed by atoms with Gasteiger partial charge in [-0.3, -0.25) is 0 Å². The number of carbonyl (C=O) groups excluding carboxylic acids is 1. The van der Waals surface area contributed by atoms with Gasteiger partial charge in [0.1, 0.15) is 23.7 Å². The lowest BCUT2D eigenvalue weighted by atomic mass is 9.97. The summed E-state index contributed by atoms with van der Waals surface area (Å²) in [5, 5.41) is 4.05. The highest BCUT2D eigenvalue weighted by Crippen LogP contribution is 2.35. The molecule has 0 aromatic heterocycles. The minimum absolute atomic E-state index is 0.163. The first-order valence-corrected chi connectivity index (χ1v) is 13.6. The lowest BCUT2D eigenvalue weighted by molar-refractivity contribution is -0.192. The Hall–Kier alpha value is -3.33. The summed E-state index contributed by atoms with van der Waals surface area (Å²) in [6.45, 7) is 2.80. The van der Waals surface area contributed by atoms with Crippen molar-refractivity contribution < 1.29 is 23.7 Å². The van der Waals surface area contributed by atoms with Gasteiger partial charge in [-0.05, 0) is 34.5 Å². The molecule has 0 bridgehead atoms. The second-order valence-electron chi connectivity index (χ2n) is 8.69. The van der Waals surface area contributed by atoms with E-state index in [9.17, 15) is 10.3 Å². The maximum absolute atomic E-state index is 13.2. The second kappa shape index (κ2) is 14.6. The summed E-state index contributed by atoms with van der Waals surface area (Å²) < 4.78 is 24.8. The van der Waals surface area contributed by atoms with E-state index in [1.165, 1.54) is 11.8 Å². The number of azide groups is 1. The lowest BCUT2D eigenvalue weighted by Gasteiger charge is -2.44. The minimum Gasteiger partial charge on any atom is -0.453 e. The monoisotopic (exact) mass is 533 g/mol. The van der Waals surface area contributed by atoms with Crippen LogP contribution >= 0.6 is 11.8 Å². The Kier molecular flexibility index (Phi) is 10.6. The fraction of sp³-hybridized carbons (Fsp3) is 0.345. The van der Waals surface area contributed by atoms with E-state index in [2.05, 4.69) is 10.0 Å². The van der Waals surface area contributed by atoms with Crippen LogP contribution in [0, 0.1) is 0 Å². The van der Waals surface area contributed by atoms with Gasteiger partial charge in [-0.1, -0.05) is 90.9 Å². The molecule has 1 aliphatic heterocycles. The van der Waals surface area contributed by atoms with E-state index in [0.29, 0.717) is 12.2 Å². The molecular formula is C29H31N3O5S. The lowest BCUT2D eigenvalue weighted by Crippen LogP contribution is -2.59. The molecule has 0 radical (unpaired) electrons. The Morgan fingerprint density at radius 1 is 0.921 bits per heavy atom. The molecule has 1 heterocycles. The SMILES string of the molecule is CCS[C@@H]1O[C@H](COCc2ccccc2)[C@@H](OC(=O)c2ccccc2)[C@H](OCc2ccccc2)[C@H]1N=[N+]=[N-]. The average molecular weight is 534 g/mol. The van der Waals surface area contributed by atoms with E-state index < -0.39 is 35.8 Å². The topological polar surface area (TPSA) is 103 Å². The molecule has 1 saturated heterocycles. The van der Waals surface area contributed by atoms with Gasteiger partial charge < -0.3 is 18.9 Å². The van der Waals surface area contributed by atoms with E-state index in [1.807, 2.05) is 73.7 Å². The number of thioether (sulfide) groups is 1. The fourth-order valence-corrected chi connectivity index (χ4v) is 5.20. The van der Waals surface area contributed by atoms with Crippen LogP contribution in [-0.2, 0) is 32.2 Å². The molecule has 9 heteroatoms. The third kappa shape index (κ3) is 7.60. The van der Waals surface area contributed by atoms with Crippen LogP contribution in [0.2, 0.25) is 0 Å². The Morgan fingerprint density at radius 3 is 2.13 bits per heavy atom. The van der Waals surface area contributed by atoms with Gasteiger partial charge in [0.15, 0.2) is 6.10 Å². The van der Waals surface area contributed by atoms with Crippen LogP contribution in [0.15, 0.2) is 96.1 Å². The van der Waals surface area contributed by atoms with Crippen molar-refractivity contribution in [3.05, 3.63) is 118 Å². The quantitative estimate of drug-likeness (QED) is 0.119. The van der Waals surface area contributed by atoms with Crippen LogP contribution in [0.3, 0.4) is 0 Å². The maximum Gasteiger partial charge on any atom is 0.338 e. The predicted octanol–water partition coefficient (Wildman–Crippen LogP) is 6.17. The average Bonchev–Trinajstić information content (AvgIpc) is 2.96. The molecule has 38 heavy (non-hydrogen) atoms. The van der Waals surface area contributed by atoms with Crippen LogP contribution in [-0.4, -0.2) is 48.1 Å². The molecule has 1 aliphatic rings. The van der Waals surface area contributed by atoms with Crippen LogP contribution < -0.4 is 0 Å². The molecule has 0 unspecified atom stereocenters. The normalized spacial score (nSPS) is 22.8. The molecule has 0 spiro atoms. The summed E-state index contributed by atoms with van der Waals surface area (Å²) in [6, 6.07) is 27.5. The highest BCUT2D eigenvalue weighted by Gasteiger charge is 2.48. The number of hydrogen-bond acceptors (Lipinski definition) is 7. The third-order valence-electron chi connectivity index (χ3n) is 6.06. The zero-order valence-corrected chi connectivity index (χ0v) is 22.0. The molecule has 0 saturated carbocycles. The van der Waals surface area contributed by atoms with Gasteiger partial charge in [-0.25, -0.2) is 4.79 Å². The van der Waals surface area contributed by atoms with E-state index in [0.717, 1.165) is 16.9 Å². The fourth-order valence-electron chi connectivity index (χ4n) is 4.24. The van der Waals surface area contributed by atoms with Crippen molar-refractivity contribution in [1.29, 1.82) is 0 Å². The highest BCUT2D eigenvalue weighted by molar-refractivity contribution is 7.99. The van der Waals surface area contributed by atoms with Crippen LogP contribution in [0.1, 0.15) is 28.4 Å². The van der Waals surface area contributed by atoms with Crippen molar-refractivity contribution in [2.45, 2.75) is 49.9 Å². The van der Waals surface area contributed by atoms with E-state index in [1.54, 1.807) is 24.3 Å². The zero-order chi connectivity index (χ0) is 26.6. The molecule has 3 aromatic rings. The van der Waals surface area contributed by atoms with Gasteiger partial charge in [-0.2, -0.15) is 0 Å². The molecule has 198 valence electrons. The number of ether oxygens (including phenoxy) is 4. The Bertz CT molecular complexity index is 1180. The van der Waals surface area contributed by atoms with Crippen molar-refractivity contribution in [3.63, 3.8) is 0 Å². The van der Waals surface area contributed by atoms with Gasteiger partial charge in [0.25, 0.3) is 0 Å². The molecule has 1 fully saturated rings. The summed E-state index contributed by atoms with van der Waals surface area (Å²) in [7, 11) is 0. The first-order chi connectivity index (χ1) is 18.7. The van der Waals surface area contributed by atoms with Gasteiger partial charge in [0.2, 0.25) is 0 Å². The number of nitrogens with zero attached hydrogens (tertiary/aromatic N) is 3. The molecule has 0 amide bonds. The summed E-state index contributed by atoms with van der Waals surface area (Å²) >= 11 is 1.51. The van der Waals surface area contributed by atoms with Crippen LogP contribution in [0.5, 0.6) is 0 Å². The molecule has 4 rings (SSSR count). The van der Waals surface area contributed by atoms with Crippen molar-refractivity contribution >= 4 is 17.7 Å². The molecule has 3 aromatic carbocycles. The van der Waals surface area contributed by atoms with Gasteiger partial charge in [0.05, 0.1) is 25.4 Å². The standard InChI is InChI=1S/C29H31N3O5S/c1-2-38-29-25(31-32-30)27(35-19-22-14-8-4-9-15-22)26(37-28(33)23-16-10-5-11-17-23)24(36-29)20-34-18-21-12-6-3-7-13-21/h3-17,24-27,29H,2,18-20H2,1H3/t24-,25-,26-,27-,29+/m1/s1. The number of rotatable bonds is 12. The van der Waals surface area contributed by atoms with Crippen molar-refractivity contribution in [1.82, 2.24) is 0 Å². The van der Waals surface area contributed by atoms with Crippen molar-refractivity contribution in [2.24, 2.45) is 5.11 Å². The third-order valence-corrected chi connectivity index (χ3v) is 7.11. The van der Waals surface area contributed by atoms with E-state index >= 15 is 0 Å².